The Labute approximate surface area is 130 Å². The quantitative estimate of drug-likeness (QED) is 0.514. The lowest BCUT2D eigenvalue weighted by Crippen LogP contribution is -2.30. The van der Waals surface area contributed by atoms with Crippen molar-refractivity contribution < 1.29 is 30.3 Å². The number of hydrogen-bond donors (Lipinski definition) is 5. The maximum Gasteiger partial charge on any atom is 0.157 e. The van der Waals surface area contributed by atoms with E-state index in [1.165, 1.54) is 24.3 Å². The van der Waals surface area contributed by atoms with Crippen LogP contribution in [-0.4, -0.2) is 31.6 Å². The Hall–Kier alpha value is -2.31. The number of halogens is 1. The van der Waals surface area contributed by atoms with Crippen molar-refractivity contribution in [3.63, 3.8) is 0 Å². The van der Waals surface area contributed by atoms with Crippen LogP contribution in [0.1, 0.15) is 17.2 Å². The van der Waals surface area contributed by atoms with Gasteiger partial charge < -0.3 is 30.3 Å². The highest BCUT2D eigenvalue weighted by Crippen LogP contribution is 2.47. The number of aliphatic hydroxyl groups excluding tert-OH is 1. The molecule has 0 saturated heterocycles. The highest BCUT2D eigenvalue weighted by molar-refractivity contribution is 6.33. The van der Waals surface area contributed by atoms with Crippen molar-refractivity contribution >= 4 is 11.6 Å². The first-order chi connectivity index (χ1) is 10.4. The molecular weight excluding hydrogens is 312 g/mol. The van der Waals surface area contributed by atoms with E-state index in [4.69, 9.17) is 16.3 Å². The predicted molar refractivity (Wildman–Crippen MR) is 77.6 cm³/mol. The molecule has 0 bridgehead atoms. The first-order valence-electron chi connectivity index (χ1n) is 6.48. The summed E-state index contributed by atoms with van der Waals surface area (Å²) in [6.45, 7) is 0. The molecule has 6 nitrogen and oxygen atoms in total. The van der Waals surface area contributed by atoms with Crippen molar-refractivity contribution in [3.05, 3.63) is 40.4 Å². The molecule has 7 heteroatoms. The molecule has 2 aromatic carbocycles. The molecule has 0 unspecified atom stereocenters. The lowest BCUT2D eigenvalue weighted by atomic mass is 9.94. The Balaban J connectivity index is 2.02. The van der Waals surface area contributed by atoms with Gasteiger partial charge in [0.15, 0.2) is 11.5 Å². The van der Waals surface area contributed by atoms with Crippen LogP contribution in [0.2, 0.25) is 5.02 Å². The fourth-order valence-electron chi connectivity index (χ4n) is 2.49. The fourth-order valence-corrected chi connectivity index (χ4v) is 2.66. The molecule has 22 heavy (non-hydrogen) atoms. The van der Waals surface area contributed by atoms with E-state index in [0.717, 1.165) is 0 Å². The highest BCUT2D eigenvalue weighted by atomic mass is 35.5. The molecule has 0 amide bonds. The van der Waals surface area contributed by atoms with Crippen LogP contribution < -0.4 is 4.74 Å². The van der Waals surface area contributed by atoms with E-state index in [1.807, 2.05) is 0 Å². The van der Waals surface area contributed by atoms with Crippen LogP contribution in [0.4, 0.5) is 0 Å². The van der Waals surface area contributed by atoms with Gasteiger partial charge in [0.05, 0.1) is 6.10 Å². The third kappa shape index (κ3) is 2.26. The molecule has 116 valence electrons. The molecule has 1 aliphatic rings. The van der Waals surface area contributed by atoms with Crippen LogP contribution in [0.5, 0.6) is 28.7 Å². The van der Waals surface area contributed by atoms with Crippen molar-refractivity contribution in [1.29, 1.82) is 0 Å². The minimum atomic E-state index is -0.997. The van der Waals surface area contributed by atoms with Crippen molar-refractivity contribution in [2.45, 2.75) is 18.6 Å². The minimum absolute atomic E-state index is 0.0630. The van der Waals surface area contributed by atoms with Crippen LogP contribution in [-0.2, 0) is 6.42 Å². The van der Waals surface area contributed by atoms with Crippen molar-refractivity contribution in [2.24, 2.45) is 0 Å². The van der Waals surface area contributed by atoms with Crippen molar-refractivity contribution in [1.82, 2.24) is 0 Å². The molecule has 3 rings (SSSR count). The fraction of sp³-hybridized carbons (Fsp3) is 0.200. The first kappa shape index (κ1) is 14.6. The normalized spacial score (nSPS) is 20.3. The molecule has 1 aliphatic heterocycles. The number of benzene rings is 2. The van der Waals surface area contributed by atoms with Gasteiger partial charge in [0.25, 0.3) is 0 Å². The molecule has 0 aliphatic carbocycles. The summed E-state index contributed by atoms with van der Waals surface area (Å²) < 4.78 is 5.62. The molecule has 0 spiro atoms. The number of ether oxygens (including phenoxy) is 1. The van der Waals surface area contributed by atoms with E-state index in [0.29, 0.717) is 11.1 Å². The minimum Gasteiger partial charge on any atom is -0.506 e. The summed E-state index contributed by atoms with van der Waals surface area (Å²) in [5, 5.41) is 48.5. The van der Waals surface area contributed by atoms with E-state index in [-0.39, 0.29) is 40.2 Å². The molecule has 0 saturated carbocycles. The standard InChI is InChI=1S/C15H13ClO6/c16-13-10(19)5-12-7(14(13)21)4-11(20)15(22-12)6-1-2-8(17)9(18)3-6/h1-3,5,11,15,17-21H,4H2/t11-,15+/m0/s1. The average molecular weight is 325 g/mol. The summed E-state index contributed by atoms with van der Waals surface area (Å²) >= 11 is 5.76. The van der Waals surface area contributed by atoms with Gasteiger partial charge in [-0.05, 0) is 17.7 Å². The first-order valence-corrected chi connectivity index (χ1v) is 6.86. The van der Waals surface area contributed by atoms with Gasteiger partial charge in [-0.2, -0.15) is 0 Å². The topological polar surface area (TPSA) is 110 Å². The van der Waals surface area contributed by atoms with Gasteiger partial charge in [0.2, 0.25) is 0 Å². The Morgan fingerprint density at radius 3 is 2.41 bits per heavy atom. The monoisotopic (exact) mass is 324 g/mol. The van der Waals surface area contributed by atoms with Crippen LogP contribution in [0.15, 0.2) is 24.3 Å². The molecular formula is C15H13ClO6. The summed E-state index contributed by atoms with van der Waals surface area (Å²) in [4.78, 5) is 0. The van der Waals surface area contributed by atoms with Gasteiger partial charge in [-0.3, -0.25) is 0 Å². The summed E-state index contributed by atoms with van der Waals surface area (Å²) in [5.74, 6) is -1.08. The van der Waals surface area contributed by atoms with Crippen molar-refractivity contribution in [3.8, 4) is 28.7 Å². The van der Waals surface area contributed by atoms with E-state index in [9.17, 15) is 25.5 Å². The highest BCUT2D eigenvalue weighted by Gasteiger charge is 2.33. The largest absolute Gasteiger partial charge is 0.506 e. The second-order valence-corrected chi connectivity index (χ2v) is 5.47. The number of rotatable bonds is 1. The Bertz CT molecular complexity index is 745. The van der Waals surface area contributed by atoms with Crippen LogP contribution in [0, 0.1) is 0 Å². The van der Waals surface area contributed by atoms with Gasteiger partial charge in [-0.15, -0.1) is 0 Å². The van der Waals surface area contributed by atoms with E-state index >= 15 is 0 Å². The molecule has 0 aromatic heterocycles. The van der Waals surface area contributed by atoms with E-state index in [1.54, 1.807) is 0 Å². The summed E-state index contributed by atoms with van der Waals surface area (Å²) in [6.07, 6.45) is -1.75. The van der Waals surface area contributed by atoms with Gasteiger partial charge >= 0.3 is 0 Å². The number of phenolic OH excluding ortho intramolecular Hbond substituents is 4. The predicted octanol–water partition coefficient (Wildman–Crippen LogP) is 2.20. The second-order valence-electron chi connectivity index (χ2n) is 5.09. The Morgan fingerprint density at radius 2 is 1.73 bits per heavy atom. The third-order valence-electron chi connectivity index (χ3n) is 3.63. The van der Waals surface area contributed by atoms with Gasteiger partial charge in [-0.25, -0.2) is 0 Å². The summed E-state index contributed by atoms with van der Waals surface area (Å²) in [7, 11) is 0. The smallest absolute Gasteiger partial charge is 0.157 e. The zero-order valence-corrected chi connectivity index (χ0v) is 11.9. The number of fused-ring (bicyclic) bond motifs is 1. The second kappa shape index (κ2) is 5.15. The van der Waals surface area contributed by atoms with Gasteiger partial charge in [-0.1, -0.05) is 17.7 Å². The van der Waals surface area contributed by atoms with Gasteiger partial charge in [0, 0.05) is 18.1 Å². The molecule has 2 aromatic rings. The zero-order valence-electron chi connectivity index (χ0n) is 11.2. The van der Waals surface area contributed by atoms with Crippen LogP contribution in [0.25, 0.3) is 0 Å². The molecule has 1 heterocycles. The number of aromatic hydroxyl groups is 4. The van der Waals surface area contributed by atoms with Crippen LogP contribution in [0.3, 0.4) is 0 Å². The Kier molecular flexibility index (Phi) is 3.42. The van der Waals surface area contributed by atoms with E-state index < -0.39 is 12.2 Å². The molecule has 5 N–H and O–H groups in total. The lowest BCUT2D eigenvalue weighted by Gasteiger charge is -2.31. The lowest BCUT2D eigenvalue weighted by molar-refractivity contribution is 0.0197. The summed E-state index contributed by atoms with van der Waals surface area (Å²) in [5.41, 5.74) is 0.747. The van der Waals surface area contributed by atoms with Crippen molar-refractivity contribution in [2.75, 3.05) is 0 Å². The van der Waals surface area contributed by atoms with Gasteiger partial charge in [0.1, 0.15) is 28.4 Å². The molecule has 0 fully saturated rings. The average Bonchev–Trinajstić information content (AvgIpc) is 2.48. The van der Waals surface area contributed by atoms with Crippen LogP contribution >= 0.6 is 11.6 Å². The Morgan fingerprint density at radius 1 is 1.00 bits per heavy atom. The maximum absolute atomic E-state index is 10.2. The van der Waals surface area contributed by atoms with E-state index in [2.05, 4.69) is 0 Å². The number of aliphatic hydroxyl groups is 1. The molecule has 0 radical (unpaired) electrons. The molecule has 2 atom stereocenters. The summed E-state index contributed by atoms with van der Waals surface area (Å²) in [6, 6.07) is 5.33. The SMILES string of the molecule is Oc1ccc([C@H]2Oc3cc(O)c(Cl)c(O)c3C[C@@H]2O)cc1O. The zero-order chi connectivity index (χ0) is 16.0. The third-order valence-corrected chi connectivity index (χ3v) is 4.00. The number of hydrogen-bond acceptors (Lipinski definition) is 6. The number of phenols is 4. The maximum atomic E-state index is 10.2.